The minimum atomic E-state index is -0.0488. The standard InChI is InChI=1S/C18H21ClN2O2/c1-13-6-7-15(19)11-17(13)21-12-18(22)20-9-8-14-4-3-5-16(10-14)23-2/h3-7,10-11,21H,8-9,12H2,1-2H3,(H,20,22). The molecule has 122 valence electrons. The quantitative estimate of drug-likeness (QED) is 0.816. The van der Waals surface area contributed by atoms with Crippen LogP contribution in [0.25, 0.3) is 0 Å². The van der Waals surface area contributed by atoms with Crippen molar-refractivity contribution in [3.63, 3.8) is 0 Å². The maximum absolute atomic E-state index is 11.9. The van der Waals surface area contributed by atoms with Crippen LogP contribution in [-0.4, -0.2) is 26.1 Å². The first kappa shape index (κ1) is 17.2. The summed E-state index contributed by atoms with van der Waals surface area (Å²) in [5.41, 5.74) is 3.06. The second kappa shape index (κ2) is 8.44. The average Bonchev–Trinajstić information content (AvgIpc) is 2.56. The second-order valence-electron chi connectivity index (χ2n) is 5.26. The van der Waals surface area contributed by atoms with Gasteiger partial charge in [0.15, 0.2) is 0 Å². The fourth-order valence-corrected chi connectivity index (χ4v) is 2.37. The van der Waals surface area contributed by atoms with E-state index < -0.39 is 0 Å². The summed E-state index contributed by atoms with van der Waals surface area (Å²) < 4.78 is 5.18. The highest BCUT2D eigenvalue weighted by Gasteiger charge is 2.04. The van der Waals surface area contributed by atoms with Crippen LogP contribution in [0.2, 0.25) is 5.02 Å². The molecule has 0 aliphatic rings. The van der Waals surface area contributed by atoms with Gasteiger partial charge in [-0.05, 0) is 48.7 Å². The Hall–Kier alpha value is -2.20. The topological polar surface area (TPSA) is 50.4 Å². The minimum absolute atomic E-state index is 0.0488. The van der Waals surface area contributed by atoms with Crippen molar-refractivity contribution in [1.29, 1.82) is 0 Å². The second-order valence-corrected chi connectivity index (χ2v) is 5.70. The lowest BCUT2D eigenvalue weighted by molar-refractivity contribution is -0.119. The van der Waals surface area contributed by atoms with Crippen LogP contribution in [0.15, 0.2) is 42.5 Å². The molecule has 23 heavy (non-hydrogen) atoms. The maximum Gasteiger partial charge on any atom is 0.239 e. The van der Waals surface area contributed by atoms with E-state index in [-0.39, 0.29) is 12.5 Å². The van der Waals surface area contributed by atoms with Gasteiger partial charge in [-0.1, -0.05) is 29.8 Å². The number of amides is 1. The molecule has 4 nitrogen and oxygen atoms in total. The Kier molecular flexibility index (Phi) is 6.29. The van der Waals surface area contributed by atoms with Gasteiger partial charge in [0.25, 0.3) is 0 Å². The molecule has 0 spiro atoms. The molecule has 2 aromatic carbocycles. The fourth-order valence-electron chi connectivity index (χ4n) is 2.20. The first-order valence-electron chi connectivity index (χ1n) is 7.48. The Bertz CT molecular complexity index is 674. The largest absolute Gasteiger partial charge is 0.497 e. The Balaban J connectivity index is 1.75. The van der Waals surface area contributed by atoms with E-state index in [4.69, 9.17) is 16.3 Å². The summed E-state index contributed by atoms with van der Waals surface area (Å²) in [5, 5.41) is 6.65. The molecule has 0 saturated heterocycles. The highest BCUT2D eigenvalue weighted by Crippen LogP contribution is 2.19. The molecular weight excluding hydrogens is 312 g/mol. The Labute approximate surface area is 141 Å². The van der Waals surface area contributed by atoms with Gasteiger partial charge < -0.3 is 15.4 Å². The summed E-state index contributed by atoms with van der Waals surface area (Å²) in [5.74, 6) is 0.777. The van der Waals surface area contributed by atoms with E-state index in [1.54, 1.807) is 7.11 Å². The van der Waals surface area contributed by atoms with Gasteiger partial charge in [-0.15, -0.1) is 0 Å². The monoisotopic (exact) mass is 332 g/mol. The smallest absolute Gasteiger partial charge is 0.239 e. The van der Waals surface area contributed by atoms with E-state index in [0.29, 0.717) is 11.6 Å². The van der Waals surface area contributed by atoms with Crippen molar-refractivity contribution >= 4 is 23.2 Å². The van der Waals surface area contributed by atoms with E-state index in [2.05, 4.69) is 10.6 Å². The number of hydrogen-bond acceptors (Lipinski definition) is 3. The van der Waals surface area contributed by atoms with Crippen LogP contribution in [0.4, 0.5) is 5.69 Å². The molecule has 0 bridgehead atoms. The van der Waals surface area contributed by atoms with E-state index in [9.17, 15) is 4.79 Å². The van der Waals surface area contributed by atoms with Crippen LogP contribution in [0.3, 0.4) is 0 Å². The van der Waals surface area contributed by atoms with E-state index in [0.717, 1.165) is 29.0 Å². The summed E-state index contributed by atoms with van der Waals surface area (Å²) >= 11 is 5.96. The van der Waals surface area contributed by atoms with Gasteiger partial charge in [0, 0.05) is 17.3 Å². The number of aryl methyl sites for hydroxylation is 1. The number of methoxy groups -OCH3 is 1. The summed E-state index contributed by atoms with van der Waals surface area (Å²) in [6.07, 6.45) is 0.763. The number of anilines is 1. The summed E-state index contributed by atoms with van der Waals surface area (Å²) in [4.78, 5) is 11.9. The zero-order valence-electron chi connectivity index (χ0n) is 13.4. The van der Waals surface area contributed by atoms with E-state index >= 15 is 0 Å². The van der Waals surface area contributed by atoms with Gasteiger partial charge in [-0.25, -0.2) is 0 Å². The van der Waals surface area contributed by atoms with Gasteiger partial charge >= 0.3 is 0 Å². The molecule has 2 N–H and O–H groups in total. The molecule has 0 radical (unpaired) electrons. The molecule has 0 atom stereocenters. The number of rotatable bonds is 7. The van der Waals surface area contributed by atoms with Gasteiger partial charge in [0.1, 0.15) is 5.75 Å². The molecule has 0 unspecified atom stereocenters. The number of ether oxygens (including phenoxy) is 1. The van der Waals surface area contributed by atoms with Crippen molar-refractivity contribution in [2.24, 2.45) is 0 Å². The highest BCUT2D eigenvalue weighted by atomic mass is 35.5. The minimum Gasteiger partial charge on any atom is -0.497 e. The first-order chi connectivity index (χ1) is 11.1. The lowest BCUT2D eigenvalue weighted by Gasteiger charge is -2.10. The van der Waals surface area contributed by atoms with Crippen molar-refractivity contribution in [2.75, 3.05) is 25.5 Å². The van der Waals surface area contributed by atoms with Gasteiger partial charge in [-0.3, -0.25) is 4.79 Å². The normalized spacial score (nSPS) is 10.2. The molecular formula is C18H21ClN2O2. The SMILES string of the molecule is COc1cccc(CCNC(=O)CNc2cc(Cl)ccc2C)c1. The summed E-state index contributed by atoms with van der Waals surface area (Å²) in [7, 11) is 1.64. The molecule has 2 aromatic rings. The number of nitrogens with one attached hydrogen (secondary N) is 2. The number of hydrogen-bond donors (Lipinski definition) is 2. The number of carbonyl (C=O) groups excluding carboxylic acids is 1. The molecule has 2 rings (SSSR count). The Morgan fingerprint density at radius 3 is 2.83 bits per heavy atom. The van der Waals surface area contributed by atoms with Gasteiger partial charge in [0.2, 0.25) is 5.91 Å². The van der Waals surface area contributed by atoms with Crippen LogP contribution >= 0.6 is 11.6 Å². The first-order valence-corrected chi connectivity index (χ1v) is 7.86. The van der Waals surface area contributed by atoms with Crippen molar-refractivity contribution in [3.05, 3.63) is 58.6 Å². The average molecular weight is 333 g/mol. The number of carbonyl (C=O) groups is 1. The third-order valence-electron chi connectivity index (χ3n) is 3.51. The lowest BCUT2D eigenvalue weighted by Crippen LogP contribution is -2.31. The molecule has 5 heteroatoms. The van der Waals surface area contributed by atoms with Crippen molar-refractivity contribution in [1.82, 2.24) is 5.32 Å². The van der Waals surface area contributed by atoms with E-state index in [1.807, 2.05) is 49.4 Å². The highest BCUT2D eigenvalue weighted by molar-refractivity contribution is 6.30. The zero-order chi connectivity index (χ0) is 16.7. The molecule has 0 aliphatic carbocycles. The maximum atomic E-state index is 11.9. The number of halogens is 1. The molecule has 1 amide bonds. The van der Waals surface area contributed by atoms with Gasteiger partial charge in [-0.2, -0.15) is 0 Å². The summed E-state index contributed by atoms with van der Waals surface area (Å²) in [6.45, 7) is 2.78. The van der Waals surface area contributed by atoms with Crippen LogP contribution in [0.1, 0.15) is 11.1 Å². The zero-order valence-corrected chi connectivity index (χ0v) is 14.1. The molecule has 0 heterocycles. The van der Waals surface area contributed by atoms with Gasteiger partial charge in [0.05, 0.1) is 13.7 Å². The predicted octanol–water partition coefficient (Wildman–Crippen LogP) is 3.43. The van der Waals surface area contributed by atoms with E-state index in [1.165, 1.54) is 0 Å². The third-order valence-corrected chi connectivity index (χ3v) is 3.74. The third kappa shape index (κ3) is 5.49. The molecule has 0 aromatic heterocycles. The van der Waals surface area contributed by atoms with Crippen LogP contribution < -0.4 is 15.4 Å². The van der Waals surface area contributed by atoms with Crippen LogP contribution in [0, 0.1) is 6.92 Å². The number of benzene rings is 2. The fraction of sp³-hybridized carbons (Fsp3) is 0.278. The summed E-state index contributed by atoms with van der Waals surface area (Å²) in [6, 6.07) is 13.4. The molecule has 0 fully saturated rings. The van der Waals surface area contributed by atoms with Crippen molar-refractivity contribution in [2.45, 2.75) is 13.3 Å². The predicted molar refractivity (Wildman–Crippen MR) is 94.4 cm³/mol. The lowest BCUT2D eigenvalue weighted by atomic mass is 10.1. The van der Waals surface area contributed by atoms with Crippen molar-refractivity contribution in [3.8, 4) is 5.75 Å². The molecule has 0 aliphatic heterocycles. The van der Waals surface area contributed by atoms with Crippen LogP contribution in [0.5, 0.6) is 5.75 Å². The van der Waals surface area contributed by atoms with Crippen LogP contribution in [-0.2, 0) is 11.2 Å². The Morgan fingerprint density at radius 2 is 2.04 bits per heavy atom. The van der Waals surface area contributed by atoms with Crippen molar-refractivity contribution < 1.29 is 9.53 Å². The Morgan fingerprint density at radius 1 is 1.22 bits per heavy atom. The molecule has 0 saturated carbocycles.